The summed E-state index contributed by atoms with van der Waals surface area (Å²) in [6.45, 7) is 9.99. The van der Waals surface area contributed by atoms with E-state index in [1.165, 1.54) is 109 Å². The first kappa shape index (κ1) is 44.1. The lowest BCUT2D eigenvalue weighted by molar-refractivity contribution is -0.929. The van der Waals surface area contributed by atoms with Crippen molar-refractivity contribution in [3.8, 4) is 0 Å². The van der Waals surface area contributed by atoms with Crippen LogP contribution in [-0.4, -0.2) is 58.8 Å². The summed E-state index contributed by atoms with van der Waals surface area (Å²) in [4.78, 5) is 34.4. The molecule has 0 rings (SSSR count). The van der Waals surface area contributed by atoms with E-state index < -0.39 is 35.7 Å². The quantitative estimate of drug-likeness (QED) is 0.0407. The number of aliphatic carboxylic acids is 3. The first-order valence-corrected chi connectivity index (χ1v) is 19.2. The number of hydrogen-bond donors (Lipinski definition) is 2. The predicted octanol–water partition coefficient (Wildman–Crippen LogP) is 9.18. The molecular weight excluding hydrogens is 578 g/mol. The number of quaternary nitrogens is 1. The largest absolute Gasteiger partial charge is 0.550 e. The standard InChI is InChI=1S/C39H73NO6/c1-5-6-7-8-9-10-11-12-13-14-15-16-17-18-19-20-21-22-23-24-25-26-30-40(31-27-34(2)37(41)42,32-28-35(3)38(43)44)33-29-36(4)39(45)46/h17-18,34-36H,5-16,19-33H2,1-4H3,(H2-,41,42,43,44,45,46)/b18-17-. The topological polar surface area (TPSA) is 115 Å². The number of carboxylic acid groups (broad SMARTS) is 3. The van der Waals surface area contributed by atoms with Gasteiger partial charge in [0.2, 0.25) is 0 Å². The molecule has 46 heavy (non-hydrogen) atoms. The molecule has 0 amide bonds. The number of carbonyl (C=O) groups excluding carboxylic acids is 1. The zero-order chi connectivity index (χ0) is 34.5. The van der Waals surface area contributed by atoms with E-state index in [2.05, 4.69) is 19.1 Å². The van der Waals surface area contributed by atoms with Gasteiger partial charge in [-0.2, -0.15) is 0 Å². The van der Waals surface area contributed by atoms with E-state index in [0.29, 0.717) is 43.4 Å². The lowest BCUT2D eigenvalue weighted by atomic mass is 10.0. The summed E-state index contributed by atoms with van der Waals surface area (Å²) in [5, 5.41) is 30.3. The molecule has 0 bridgehead atoms. The van der Waals surface area contributed by atoms with E-state index in [-0.39, 0.29) is 0 Å². The maximum atomic E-state index is 11.5. The number of carbonyl (C=O) groups is 3. The summed E-state index contributed by atoms with van der Waals surface area (Å²) in [7, 11) is 0. The summed E-state index contributed by atoms with van der Waals surface area (Å²) in [6, 6.07) is 0. The molecule has 0 aromatic rings. The molecule has 3 atom stereocenters. The fraction of sp³-hybridized carbons (Fsp3) is 0.872. The van der Waals surface area contributed by atoms with Crippen LogP contribution in [0.5, 0.6) is 0 Å². The highest BCUT2D eigenvalue weighted by molar-refractivity contribution is 5.69. The third-order valence-corrected chi connectivity index (χ3v) is 10.00. The van der Waals surface area contributed by atoms with Gasteiger partial charge in [0.05, 0.1) is 38.0 Å². The summed E-state index contributed by atoms with van der Waals surface area (Å²) in [5.74, 6) is -4.32. The summed E-state index contributed by atoms with van der Waals surface area (Å²) in [6.07, 6.45) is 32.0. The number of carboxylic acids is 3. The minimum atomic E-state index is -1.07. The second-order valence-electron chi connectivity index (χ2n) is 14.4. The van der Waals surface area contributed by atoms with Crippen molar-refractivity contribution in [1.82, 2.24) is 0 Å². The molecule has 0 aliphatic heterocycles. The Morgan fingerprint density at radius 2 is 0.848 bits per heavy atom. The SMILES string of the molecule is CCCCCCCCCCCCC/C=C\CCCCCCCCC[N+](CCC(C)C(=O)[O-])(CCC(C)C(=O)O)CCC(C)C(=O)O. The van der Waals surface area contributed by atoms with Crippen LogP contribution >= 0.6 is 0 Å². The second kappa shape index (κ2) is 29.3. The van der Waals surface area contributed by atoms with Crippen molar-refractivity contribution in [2.75, 3.05) is 26.2 Å². The number of unbranched alkanes of at least 4 members (excludes halogenated alkanes) is 18. The Morgan fingerprint density at radius 3 is 1.20 bits per heavy atom. The Kier molecular flexibility index (Phi) is 28.1. The molecule has 7 heteroatoms. The zero-order valence-electron chi connectivity index (χ0n) is 30.5. The lowest BCUT2D eigenvalue weighted by Crippen LogP contribution is -2.52. The predicted molar refractivity (Wildman–Crippen MR) is 189 cm³/mol. The third-order valence-electron chi connectivity index (χ3n) is 10.00. The highest BCUT2D eigenvalue weighted by Gasteiger charge is 2.30. The van der Waals surface area contributed by atoms with Crippen LogP contribution in [0.15, 0.2) is 12.2 Å². The third kappa shape index (κ3) is 25.2. The van der Waals surface area contributed by atoms with E-state index >= 15 is 0 Å². The van der Waals surface area contributed by atoms with Gasteiger partial charge in [-0.25, -0.2) is 0 Å². The number of rotatable bonds is 34. The van der Waals surface area contributed by atoms with Gasteiger partial charge < -0.3 is 24.6 Å². The van der Waals surface area contributed by atoms with Gasteiger partial charge in [0.1, 0.15) is 0 Å². The highest BCUT2D eigenvalue weighted by Crippen LogP contribution is 2.22. The van der Waals surface area contributed by atoms with E-state index in [1.54, 1.807) is 20.8 Å². The summed E-state index contributed by atoms with van der Waals surface area (Å²) >= 11 is 0. The molecule has 0 spiro atoms. The number of allylic oxidation sites excluding steroid dienone is 2. The van der Waals surface area contributed by atoms with Gasteiger partial charge in [0.15, 0.2) is 0 Å². The van der Waals surface area contributed by atoms with E-state index in [4.69, 9.17) is 0 Å². The molecule has 0 fully saturated rings. The highest BCUT2D eigenvalue weighted by atomic mass is 16.4. The van der Waals surface area contributed by atoms with Crippen molar-refractivity contribution < 1.29 is 34.2 Å². The van der Waals surface area contributed by atoms with E-state index in [0.717, 1.165) is 25.8 Å². The van der Waals surface area contributed by atoms with Crippen molar-refractivity contribution in [3.05, 3.63) is 12.2 Å². The van der Waals surface area contributed by atoms with Crippen LogP contribution in [-0.2, 0) is 14.4 Å². The van der Waals surface area contributed by atoms with Crippen LogP contribution in [0.3, 0.4) is 0 Å². The van der Waals surface area contributed by atoms with Gasteiger partial charge in [0.25, 0.3) is 0 Å². The average molecular weight is 652 g/mol. The van der Waals surface area contributed by atoms with E-state index in [9.17, 15) is 29.7 Å². The molecule has 0 heterocycles. The Labute approximate surface area is 283 Å². The van der Waals surface area contributed by atoms with Crippen molar-refractivity contribution in [2.24, 2.45) is 17.8 Å². The van der Waals surface area contributed by atoms with E-state index in [1.807, 2.05) is 0 Å². The maximum absolute atomic E-state index is 11.5. The molecule has 0 aromatic carbocycles. The van der Waals surface area contributed by atoms with Crippen molar-refractivity contribution in [2.45, 2.75) is 175 Å². The van der Waals surface area contributed by atoms with Gasteiger partial charge in [0, 0.05) is 31.1 Å². The number of nitrogens with zero attached hydrogens (tertiary/aromatic N) is 1. The molecular formula is C39H73NO6. The molecule has 0 aliphatic rings. The van der Waals surface area contributed by atoms with Crippen LogP contribution in [0.2, 0.25) is 0 Å². The van der Waals surface area contributed by atoms with Gasteiger partial charge >= 0.3 is 11.9 Å². The lowest BCUT2D eigenvalue weighted by Gasteiger charge is -2.41. The fourth-order valence-corrected chi connectivity index (χ4v) is 6.19. The monoisotopic (exact) mass is 652 g/mol. The minimum absolute atomic E-state index is 0.443. The van der Waals surface area contributed by atoms with Crippen molar-refractivity contribution in [3.63, 3.8) is 0 Å². The molecule has 0 saturated carbocycles. The minimum Gasteiger partial charge on any atom is -0.550 e. The Morgan fingerprint density at radius 1 is 0.522 bits per heavy atom. The van der Waals surface area contributed by atoms with Crippen molar-refractivity contribution in [1.29, 1.82) is 0 Å². The molecule has 3 unspecified atom stereocenters. The first-order valence-electron chi connectivity index (χ1n) is 19.2. The van der Waals surface area contributed by atoms with Crippen LogP contribution in [0, 0.1) is 17.8 Å². The zero-order valence-corrected chi connectivity index (χ0v) is 30.5. The second-order valence-corrected chi connectivity index (χ2v) is 14.4. The van der Waals surface area contributed by atoms with Crippen LogP contribution in [0.25, 0.3) is 0 Å². The van der Waals surface area contributed by atoms with Gasteiger partial charge in [-0.1, -0.05) is 130 Å². The summed E-state index contributed by atoms with van der Waals surface area (Å²) < 4.78 is 0.582. The maximum Gasteiger partial charge on any atom is 0.306 e. The molecule has 0 radical (unpaired) electrons. The molecule has 7 nitrogen and oxygen atoms in total. The van der Waals surface area contributed by atoms with Crippen LogP contribution < -0.4 is 5.11 Å². The Hall–Kier alpha value is -1.89. The number of hydrogen-bond acceptors (Lipinski definition) is 4. The van der Waals surface area contributed by atoms with Crippen molar-refractivity contribution >= 4 is 17.9 Å². The average Bonchev–Trinajstić information content (AvgIpc) is 3.03. The first-order chi connectivity index (χ1) is 22.0. The fourth-order valence-electron chi connectivity index (χ4n) is 6.19. The van der Waals surface area contributed by atoms with Gasteiger partial charge in [-0.3, -0.25) is 9.59 Å². The summed E-state index contributed by atoms with van der Waals surface area (Å²) in [5.41, 5.74) is 0. The normalized spacial score (nSPS) is 15.0. The molecule has 0 saturated heterocycles. The Bertz CT molecular complexity index is 738. The smallest absolute Gasteiger partial charge is 0.306 e. The molecule has 270 valence electrons. The molecule has 0 aromatic heterocycles. The van der Waals surface area contributed by atoms with Crippen LogP contribution in [0.4, 0.5) is 0 Å². The van der Waals surface area contributed by atoms with Crippen LogP contribution in [0.1, 0.15) is 175 Å². The van der Waals surface area contributed by atoms with Gasteiger partial charge in [-0.15, -0.1) is 0 Å². The Balaban J connectivity index is 4.32. The molecule has 2 N–H and O–H groups in total. The molecule has 0 aliphatic carbocycles. The van der Waals surface area contributed by atoms with Gasteiger partial charge in [-0.05, 0) is 38.5 Å².